The number of hydrogen-bond acceptors (Lipinski definition) is 5. The van der Waals surface area contributed by atoms with Crippen molar-refractivity contribution in [3.05, 3.63) is 45.9 Å². The van der Waals surface area contributed by atoms with Crippen LogP contribution in [0.4, 0.5) is 8.78 Å². The predicted molar refractivity (Wildman–Crippen MR) is 94.2 cm³/mol. The van der Waals surface area contributed by atoms with Crippen molar-refractivity contribution in [1.82, 2.24) is 15.0 Å². The molecule has 1 aromatic carbocycles. The minimum absolute atomic E-state index is 0.0932. The summed E-state index contributed by atoms with van der Waals surface area (Å²) in [7, 11) is -4.02. The smallest absolute Gasteiger partial charge is 0.240 e. The summed E-state index contributed by atoms with van der Waals surface area (Å²) in [4.78, 5) is 15.8. The number of nitrogens with zero attached hydrogens (tertiary/aromatic N) is 1. The van der Waals surface area contributed by atoms with E-state index in [0.717, 1.165) is 22.8 Å². The van der Waals surface area contributed by atoms with Gasteiger partial charge in [-0.3, -0.25) is 4.79 Å². The highest BCUT2D eigenvalue weighted by Gasteiger charge is 2.16. The van der Waals surface area contributed by atoms with E-state index in [1.807, 2.05) is 19.2 Å². The first kappa shape index (κ1) is 20.4. The average molecular weight is 403 g/mol. The molecule has 142 valence electrons. The quantitative estimate of drug-likeness (QED) is 0.709. The molecule has 0 aliphatic heterocycles. The third-order valence-corrected chi connectivity index (χ3v) is 6.03. The number of halogens is 2. The molecule has 6 nitrogen and oxygen atoms in total. The van der Waals surface area contributed by atoms with Crippen molar-refractivity contribution < 1.29 is 22.0 Å². The lowest BCUT2D eigenvalue weighted by Gasteiger charge is -2.07. The van der Waals surface area contributed by atoms with Gasteiger partial charge in [-0.1, -0.05) is 13.8 Å². The number of sulfonamides is 1. The number of amides is 1. The first-order valence-corrected chi connectivity index (χ1v) is 10.2. The Hall–Kier alpha value is -1.91. The molecule has 10 heteroatoms. The van der Waals surface area contributed by atoms with Gasteiger partial charge >= 0.3 is 0 Å². The van der Waals surface area contributed by atoms with Gasteiger partial charge in [-0.05, 0) is 18.2 Å². The molecule has 0 saturated carbocycles. The van der Waals surface area contributed by atoms with Crippen LogP contribution in [0, 0.1) is 11.6 Å². The molecule has 0 saturated heterocycles. The highest BCUT2D eigenvalue weighted by atomic mass is 32.2. The van der Waals surface area contributed by atoms with Crippen LogP contribution in [0.2, 0.25) is 0 Å². The molecule has 0 atom stereocenters. The summed E-state index contributed by atoms with van der Waals surface area (Å²) in [5.74, 6) is -2.42. The number of hydrogen-bond donors (Lipinski definition) is 2. The third-order valence-electron chi connectivity index (χ3n) is 3.38. The summed E-state index contributed by atoms with van der Waals surface area (Å²) >= 11 is 1.52. The lowest BCUT2D eigenvalue weighted by atomic mass is 10.2. The second-order valence-corrected chi connectivity index (χ2v) is 8.49. The lowest BCUT2D eigenvalue weighted by molar-refractivity contribution is -0.121. The van der Waals surface area contributed by atoms with E-state index in [1.165, 1.54) is 11.3 Å². The van der Waals surface area contributed by atoms with E-state index in [4.69, 9.17) is 0 Å². The average Bonchev–Trinajstić information content (AvgIpc) is 3.04. The number of aromatic nitrogens is 1. The maximum absolute atomic E-state index is 13.1. The van der Waals surface area contributed by atoms with Crippen LogP contribution in [0.3, 0.4) is 0 Å². The standard InChI is InChI=1S/C16H19F2N3O3S2/c1-10(2)16-21-11(9-25-16)8-19-15(22)5-6-20-26(23,24)12-3-4-13(17)14(18)7-12/h3-4,7,9-10,20H,5-6,8H2,1-2H3,(H,19,22). The van der Waals surface area contributed by atoms with Gasteiger partial charge in [0.1, 0.15) is 0 Å². The summed E-state index contributed by atoms with van der Waals surface area (Å²) in [6.45, 7) is 4.15. The van der Waals surface area contributed by atoms with E-state index in [-0.39, 0.29) is 25.4 Å². The number of rotatable bonds is 8. The molecular weight excluding hydrogens is 384 g/mol. The Morgan fingerprint density at radius 1 is 1.27 bits per heavy atom. The normalized spacial score (nSPS) is 11.7. The van der Waals surface area contributed by atoms with Gasteiger partial charge in [0.2, 0.25) is 15.9 Å². The second-order valence-electron chi connectivity index (χ2n) is 5.83. The van der Waals surface area contributed by atoms with Crippen LogP contribution in [0.25, 0.3) is 0 Å². The molecule has 1 aromatic heterocycles. The van der Waals surface area contributed by atoms with Crippen LogP contribution in [-0.2, 0) is 21.4 Å². The van der Waals surface area contributed by atoms with Gasteiger partial charge in [0, 0.05) is 24.3 Å². The van der Waals surface area contributed by atoms with E-state index in [9.17, 15) is 22.0 Å². The molecule has 0 radical (unpaired) electrons. The lowest BCUT2D eigenvalue weighted by Crippen LogP contribution is -2.30. The Balaban J connectivity index is 1.80. The van der Waals surface area contributed by atoms with Gasteiger partial charge in [-0.25, -0.2) is 26.9 Å². The molecule has 2 aromatic rings. The van der Waals surface area contributed by atoms with Gasteiger partial charge in [-0.2, -0.15) is 0 Å². The van der Waals surface area contributed by atoms with Gasteiger partial charge in [0.25, 0.3) is 0 Å². The van der Waals surface area contributed by atoms with Crippen LogP contribution in [0.15, 0.2) is 28.5 Å². The SMILES string of the molecule is CC(C)c1nc(CNC(=O)CCNS(=O)(=O)c2ccc(F)c(F)c2)cs1. The van der Waals surface area contributed by atoms with Crippen molar-refractivity contribution in [2.75, 3.05) is 6.54 Å². The molecule has 0 unspecified atom stereocenters. The van der Waals surface area contributed by atoms with E-state index >= 15 is 0 Å². The first-order valence-electron chi connectivity index (χ1n) is 7.85. The monoisotopic (exact) mass is 403 g/mol. The van der Waals surface area contributed by atoms with Crippen molar-refractivity contribution in [3.63, 3.8) is 0 Å². The van der Waals surface area contributed by atoms with Crippen molar-refractivity contribution in [1.29, 1.82) is 0 Å². The summed E-state index contributed by atoms with van der Waals surface area (Å²) in [6, 6.07) is 2.28. The maximum Gasteiger partial charge on any atom is 0.240 e. The fraction of sp³-hybridized carbons (Fsp3) is 0.375. The Morgan fingerprint density at radius 2 is 2.00 bits per heavy atom. The minimum atomic E-state index is -4.02. The summed E-state index contributed by atoms with van der Waals surface area (Å²) in [5.41, 5.74) is 0.745. The molecule has 2 rings (SSSR count). The minimum Gasteiger partial charge on any atom is -0.350 e. The number of carbonyl (C=O) groups is 1. The molecule has 0 bridgehead atoms. The summed E-state index contributed by atoms with van der Waals surface area (Å²) in [6.07, 6.45) is -0.0932. The van der Waals surface area contributed by atoms with Crippen LogP contribution >= 0.6 is 11.3 Å². The van der Waals surface area contributed by atoms with Gasteiger partial charge in [-0.15, -0.1) is 11.3 Å². The fourth-order valence-corrected chi connectivity index (χ4v) is 3.85. The number of benzene rings is 1. The van der Waals surface area contributed by atoms with Crippen molar-refractivity contribution in [2.24, 2.45) is 0 Å². The Kier molecular flexibility index (Phi) is 6.79. The van der Waals surface area contributed by atoms with Crippen LogP contribution < -0.4 is 10.0 Å². The molecular formula is C16H19F2N3O3S2. The largest absolute Gasteiger partial charge is 0.350 e. The number of thiazole rings is 1. The van der Waals surface area contributed by atoms with Gasteiger partial charge in [0.15, 0.2) is 11.6 Å². The molecule has 0 aliphatic carbocycles. The predicted octanol–water partition coefficient (Wildman–Crippen LogP) is 2.53. The van der Waals surface area contributed by atoms with Crippen molar-refractivity contribution in [2.45, 2.75) is 37.6 Å². The number of carbonyl (C=O) groups excluding carboxylic acids is 1. The van der Waals surface area contributed by atoms with Crippen LogP contribution in [-0.4, -0.2) is 25.9 Å². The highest BCUT2D eigenvalue weighted by Crippen LogP contribution is 2.19. The molecule has 0 spiro atoms. The zero-order valence-electron chi connectivity index (χ0n) is 14.3. The van der Waals surface area contributed by atoms with Crippen molar-refractivity contribution >= 4 is 27.3 Å². The van der Waals surface area contributed by atoms with Crippen LogP contribution in [0.1, 0.15) is 36.9 Å². The van der Waals surface area contributed by atoms with Gasteiger partial charge < -0.3 is 5.32 Å². The van der Waals surface area contributed by atoms with E-state index in [0.29, 0.717) is 12.0 Å². The zero-order chi connectivity index (χ0) is 19.3. The first-order chi connectivity index (χ1) is 12.2. The van der Waals surface area contributed by atoms with Gasteiger partial charge in [0.05, 0.1) is 22.1 Å². The van der Waals surface area contributed by atoms with E-state index in [1.54, 1.807) is 0 Å². The molecule has 1 heterocycles. The Labute approximate surface area is 154 Å². The Bertz CT molecular complexity index is 883. The molecule has 2 N–H and O–H groups in total. The molecule has 1 amide bonds. The van der Waals surface area contributed by atoms with Crippen LogP contribution in [0.5, 0.6) is 0 Å². The van der Waals surface area contributed by atoms with E-state index in [2.05, 4.69) is 15.0 Å². The molecule has 0 fully saturated rings. The summed E-state index contributed by atoms with van der Waals surface area (Å²) in [5, 5.41) is 5.50. The Morgan fingerprint density at radius 3 is 2.62 bits per heavy atom. The summed E-state index contributed by atoms with van der Waals surface area (Å²) < 4.78 is 52.1. The van der Waals surface area contributed by atoms with Crippen molar-refractivity contribution in [3.8, 4) is 0 Å². The highest BCUT2D eigenvalue weighted by molar-refractivity contribution is 7.89. The zero-order valence-corrected chi connectivity index (χ0v) is 15.9. The molecule has 26 heavy (non-hydrogen) atoms. The second kappa shape index (κ2) is 8.65. The maximum atomic E-state index is 13.1. The fourth-order valence-electron chi connectivity index (χ4n) is 1.97. The third kappa shape index (κ3) is 5.55. The number of nitrogens with one attached hydrogen (secondary N) is 2. The topological polar surface area (TPSA) is 88.2 Å². The molecule has 0 aliphatic rings. The van der Waals surface area contributed by atoms with E-state index < -0.39 is 26.6 Å².